The molecule has 0 aromatic carbocycles. The molecular weight excluding hydrogens is 437 g/mol. The number of ether oxygens (including phenoxy) is 1. The Kier molecular flexibility index (Phi) is 6.13. The number of hydrogen-bond donors (Lipinski definition) is 1. The molecule has 0 unspecified atom stereocenters. The maximum Gasteiger partial charge on any atom is 0.417 e. The number of carbonyl (C=O) groups is 3. The van der Waals surface area contributed by atoms with Gasteiger partial charge in [-0.25, -0.2) is 9.78 Å². The maximum atomic E-state index is 12.7. The molecule has 2 aliphatic heterocycles. The Morgan fingerprint density at radius 3 is 2.79 bits per heavy atom. The highest BCUT2D eigenvalue weighted by Crippen LogP contribution is 2.34. The minimum absolute atomic E-state index is 0.0410. The topological polar surface area (TPSA) is 91.8 Å². The molecule has 3 heterocycles. The van der Waals surface area contributed by atoms with Crippen LogP contribution in [-0.2, 0) is 25.3 Å². The highest BCUT2D eigenvalue weighted by Gasteiger charge is 2.50. The fourth-order valence-corrected chi connectivity index (χ4v) is 4.60. The number of aromatic nitrogens is 1. The molecule has 0 aliphatic carbocycles. The van der Waals surface area contributed by atoms with E-state index in [1.165, 1.54) is 16.9 Å². The molecular formula is C16H16ClF3N4O4S. The molecule has 1 N–H and O–H groups in total. The van der Waals surface area contributed by atoms with Gasteiger partial charge in [-0.05, 0) is 6.07 Å². The lowest BCUT2D eigenvalue weighted by Gasteiger charge is -2.37. The van der Waals surface area contributed by atoms with Crippen LogP contribution in [0.25, 0.3) is 0 Å². The van der Waals surface area contributed by atoms with E-state index >= 15 is 0 Å². The van der Waals surface area contributed by atoms with Crippen molar-refractivity contribution in [2.24, 2.45) is 0 Å². The highest BCUT2D eigenvalue weighted by molar-refractivity contribution is 8.00. The molecule has 0 bridgehead atoms. The highest BCUT2D eigenvalue weighted by atomic mass is 35.5. The van der Waals surface area contributed by atoms with Crippen LogP contribution in [0.1, 0.15) is 5.56 Å². The Bertz CT molecular complexity index is 841. The number of hydrogen-bond acceptors (Lipinski definition) is 7. The molecule has 13 heteroatoms. The predicted octanol–water partition coefficient (Wildman–Crippen LogP) is 1.45. The van der Waals surface area contributed by atoms with E-state index in [1.54, 1.807) is 0 Å². The Morgan fingerprint density at radius 1 is 1.45 bits per heavy atom. The van der Waals surface area contributed by atoms with E-state index in [4.69, 9.17) is 11.6 Å². The number of methoxy groups -OCH3 is 1. The lowest BCUT2D eigenvalue weighted by Crippen LogP contribution is -2.61. The molecule has 2 fully saturated rings. The fourth-order valence-electron chi connectivity index (χ4n) is 3.04. The van der Waals surface area contributed by atoms with Gasteiger partial charge in [-0.15, -0.1) is 11.8 Å². The smallest absolute Gasteiger partial charge is 0.417 e. The number of fused-ring (bicyclic) bond motifs is 1. The molecule has 0 spiro atoms. The van der Waals surface area contributed by atoms with Crippen LogP contribution in [0.4, 0.5) is 19.0 Å². The predicted molar refractivity (Wildman–Crippen MR) is 98.2 cm³/mol. The van der Waals surface area contributed by atoms with Crippen LogP contribution in [0.2, 0.25) is 5.02 Å². The van der Waals surface area contributed by atoms with Crippen LogP contribution in [0.15, 0.2) is 12.3 Å². The van der Waals surface area contributed by atoms with Gasteiger partial charge in [-0.2, -0.15) is 13.2 Å². The average molecular weight is 453 g/mol. The molecule has 8 nitrogen and oxygen atoms in total. The van der Waals surface area contributed by atoms with Crippen LogP contribution < -0.4 is 5.32 Å². The second-order valence-electron chi connectivity index (χ2n) is 6.26. The van der Waals surface area contributed by atoms with E-state index in [1.807, 2.05) is 0 Å². The normalized spacial score (nSPS) is 22.0. The largest absolute Gasteiger partial charge is 0.467 e. The molecule has 1 aromatic rings. The van der Waals surface area contributed by atoms with Crippen LogP contribution in [0.5, 0.6) is 0 Å². The number of rotatable bonds is 5. The number of nitrogens with zero attached hydrogens (tertiary/aromatic N) is 3. The van der Waals surface area contributed by atoms with E-state index < -0.39 is 29.1 Å². The van der Waals surface area contributed by atoms with Gasteiger partial charge in [-0.1, -0.05) is 11.6 Å². The minimum atomic E-state index is -4.55. The zero-order valence-corrected chi connectivity index (χ0v) is 16.6. The molecule has 0 saturated carbocycles. The van der Waals surface area contributed by atoms with Crippen molar-refractivity contribution in [3.63, 3.8) is 0 Å². The molecule has 0 radical (unpaired) electrons. The van der Waals surface area contributed by atoms with Crippen LogP contribution in [-0.4, -0.2) is 76.5 Å². The molecule has 29 heavy (non-hydrogen) atoms. The van der Waals surface area contributed by atoms with E-state index in [-0.39, 0.29) is 48.0 Å². The van der Waals surface area contributed by atoms with E-state index in [0.29, 0.717) is 6.20 Å². The zero-order valence-electron chi connectivity index (χ0n) is 15.0. The van der Waals surface area contributed by atoms with Gasteiger partial charge in [0.05, 0.1) is 24.2 Å². The van der Waals surface area contributed by atoms with Crippen molar-refractivity contribution in [1.82, 2.24) is 14.8 Å². The lowest BCUT2D eigenvalue weighted by atomic mass is 10.1. The number of pyridine rings is 1. The molecule has 158 valence electrons. The standard InChI is InChI=1S/C16H16ClF3N4O4S/c1-28-15(27)14-24-10(7-29-14)13(26)23(6-11(24)25)3-2-21-12-9(17)4-8(5-22-12)16(18,19)20/h4-5,10,14H,2-3,6-7H2,1H3,(H,21,22)/t10-,14+/m1/s1. The summed E-state index contributed by atoms with van der Waals surface area (Å²) in [4.78, 5) is 43.1. The summed E-state index contributed by atoms with van der Waals surface area (Å²) in [7, 11) is 1.21. The van der Waals surface area contributed by atoms with Crippen molar-refractivity contribution in [1.29, 1.82) is 0 Å². The Labute approximate surface area is 172 Å². The summed E-state index contributed by atoms with van der Waals surface area (Å²) in [6, 6.07) is 0.00526. The first kappa shape index (κ1) is 21.5. The summed E-state index contributed by atoms with van der Waals surface area (Å²) in [5.41, 5.74) is -0.969. The number of amides is 2. The Morgan fingerprint density at radius 2 is 2.17 bits per heavy atom. The third-order valence-corrected chi connectivity index (χ3v) is 5.99. The summed E-state index contributed by atoms with van der Waals surface area (Å²) in [5, 5.41) is 1.72. The number of anilines is 1. The van der Waals surface area contributed by atoms with Gasteiger partial charge < -0.3 is 19.9 Å². The molecule has 2 atom stereocenters. The van der Waals surface area contributed by atoms with Gasteiger partial charge in [0, 0.05) is 25.0 Å². The van der Waals surface area contributed by atoms with Crippen molar-refractivity contribution < 1.29 is 32.3 Å². The maximum absolute atomic E-state index is 12.7. The molecule has 2 saturated heterocycles. The van der Waals surface area contributed by atoms with Gasteiger partial charge in [0.25, 0.3) is 0 Å². The van der Waals surface area contributed by atoms with Gasteiger partial charge in [0.15, 0.2) is 5.37 Å². The van der Waals surface area contributed by atoms with E-state index in [0.717, 1.165) is 17.8 Å². The lowest BCUT2D eigenvalue weighted by molar-refractivity contribution is -0.159. The Hall–Kier alpha value is -2.21. The van der Waals surface area contributed by atoms with Gasteiger partial charge in [0.2, 0.25) is 11.8 Å². The second-order valence-corrected chi connectivity index (χ2v) is 7.78. The summed E-state index contributed by atoms with van der Waals surface area (Å²) in [6.45, 7) is 0.0259. The number of esters is 1. The monoisotopic (exact) mass is 452 g/mol. The molecule has 2 amide bonds. The number of thioether (sulfide) groups is 1. The minimum Gasteiger partial charge on any atom is -0.467 e. The van der Waals surface area contributed by atoms with Gasteiger partial charge in [0.1, 0.15) is 11.9 Å². The van der Waals surface area contributed by atoms with Crippen molar-refractivity contribution in [3.05, 3.63) is 22.8 Å². The van der Waals surface area contributed by atoms with E-state index in [9.17, 15) is 27.6 Å². The van der Waals surface area contributed by atoms with Gasteiger partial charge in [-0.3, -0.25) is 9.59 Å². The summed E-state index contributed by atoms with van der Waals surface area (Å²) in [6.07, 6.45) is -3.90. The molecule has 1 aromatic heterocycles. The number of nitrogens with one attached hydrogen (secondary N) is 1. The van der Waals surface area contributed by atoms with Crippen molar-refractivity contribution >= 4 is 47.0 Å². The second kappa shape index (κ2) is 8.27. The first-order chi connectivity index (χ1) is 13.6. The van der Waals surface area contributed by atoms with Gasteiger partial charge >= 0.3 is 12.1 Å². The number of carbonyl (C=O) groups excluding carboxylic acids is 3. The summed E-state index contributed by atoms with van der Waals surface area (Å²) in [5.74, 6) is -0.950. The van der Waals surface area contributed by atoms with Crippen molar-refractivity contribution in [2.45, 2.75) is 17.6 Å². The quantitative estimate of drug-likeness (QED) is 0.676. The Balaban J connectivity index is 1.59. The number of alkyl halides is 3. The number of halogens is 4. The fraction of sp³-hybridized carbons (Fsp3) is 0.500. The van der Waals surface area contributed by atoms with Crippen molar-refractivity contribution in [2.75, 3.05) is 37.8 Å². The van der Waals surface area contributed by atoms with Crippen molar-refractivity contribution in [3.8, 4) is 0 Å². The molecule has 2 aliphatic rings. The van der Waals surface area contributed by atoms with Crippen LogP contribution >= 0.6 is 23.4 Å². The van der Waals surface area contributed by atoms with Crippen LogP contribution in [0.3, 0.4) is 0 Å². The first-order valence-electron chi connectivity index (χ1n) is 8.39. The van der Waals surface area contributed by atoms with E-state index in [2.05, 4.69) is 15.0 Å². The third-order valence-electron chi connectivity index (χ3n) is 4.46. The van der Waals surface area contributed by atoms with Crippen LogP contribution in [0, 0.1) is 0 Å². The average Bonchev–Trinajstić information content (AvgIpc) is 3.11. The zero-order chi connectivity index (χ0) is 21.3. The summed E-state index contributed by atoms with van der Waals surface area (Å²) >= 11 is 6.99. The first-order valence-corrected chi connectivity index (χ1v) is 9.82. The SMILES string of the molecule is COC(=O)[C@@H]1SC[C@@H]2C(=O)N(CCNc3ncc(C(F)(F)F)cc3Cl)CC(=O)N21. The molecule has 3 rings (SSSR count). The summed E-state index contributed by atoms with van der Waals surface area (Å²) < 4.78 is 42.6. The number of piperazine rings is 1. The third kappa shape index (κ3) is 4.37.